The molecule has 1 unspecified atom stereocenters. The Hall–Kier alpha value is -0.520. The molecule has 0 aliphatic heterocycles. The minimum Gasteiger partial charge on any atom is -0.374 e. The van der Waals surface area contributed by atoms with Crippen LogP contribution in [0.15, 0.2) is 0 Å². The highest BCUT2D eigenvalue weighted by atomic mass is 16.5. The van der Waals surface area contributed by atoms with Gasteiger partial charge in [0.2, 0.25) is 0 Å². The van der Waals surface area contributed by atoms with Crippen LogP contribution in [-0.2, 0) is 4.74 Å². The second-order valence-corrected chi connectivity index (χ2v) is 6.28. The average Bonchev–Trinajstić information content (AvgIpc) is 2.46. The van der Waals surface area contributed by atoms with E-state index in [1.54, 1.807) is 0 Å². The number of unbranched alkanes of at least 4 members (excludes halogenated alkanes) is 1. The van der Waals surface area contributed by atoms with Crippen molar-refractivity contribution in [3.05, 3.63) is 0 Å². The van der Waals surface area contributed by atoms with Crippen molar-refractivity contribution in [2.45, 2.75) is 83.8 Å². The molecule has 1 atom stereocenters. The topological polar surface area (TPSA) is 21.3 Å². The lowest BCUT2D eigenvalue weighted by molar-refractivity contribution is -0.0979. The summed E-state index contributed by atoms with van der Waals surface area (Å²) in [4.78, 5) is 0. The maximum absolute atomic E-state index is 6.29. The van der Waals surface area contributed by atoms with Gasteiger partial charge in [-0.25, -0.2) is 0 Å². The summed E-state index contributed by atoms with van der Waals surface area (Å²) in [6.07, 6.45) is 14.7. The summed E-state index contributed by atoms with van der Waals surface area (Å²) in [5.41, 5.74) is 0.0467. The molecular formula is C18H33NO. The van der Waals surface area contributed by atoms with Gasteiger partial charge in [-0.15, -0.1) is 12.3 Å². The number of nitrogens with one attached hydrogen (secondary N) is 1. The first-order valence-corrected chi connectivity index (χ1v) is 8.49. The lowest BCUT2D eigenvalue weighted by atomic mass is 9.74. The summed E-state index contributed by atoms with van der Waals surface area (Å²) in [6.45, 7) is 8.60. The van der Waals surface area contributed by atoms with Crippen molar-refractivity contribution in [3.63, 3.8) is 0 Å². The van der Waals surface area contributed by atoms with E-state index < -0.39 is 0 Å². The molecule has 0 aromatic carbocycles. The van der Waals surface area contributed by atoms with Crippen LogP contribution >= 0.6 is 0 Å². The Balaban J connectivity index is 2.71. The average molecular weight is 279 g/mol. The maximum atomic E-state index is 6.29. The first-order chi connectivity index (χ1) is 9.68. The molecule has 116 valence electrons. The summed E-state index contributed by atoms with van der Waals surface area (Å²) in [7, 11) is 0. The third-order valence-corrected chi connectivity index (χ3v) is 4.64. The van der Waals surface area contributed by atoms with E-state index in [0.717, 1.165) is 38.3 Å². The van der Waals surface area contributed by atoms with Gasteiger partial charge >= 0.3 is 0 Å². The van der Waals surface area contributed by atoms with Crippen molar-refractivity contribution >= 4 is 0 Å². The molecule has 0 amide bonds. The summed E-state index contributed by atoms with van der Waals surface area (Å²) in [5.74, 6) is 3.61. The monoisotopic (exact) mass is 279 g/mol. The quantitative estimate of drug-likeness (QED) is 0.506. The van der Waals surface area contributed by atoms with Crippen LogP contribution in [0.2, 0.25) is 0 Å². The van der Waals surface area contributed by atoms with Gasteiger partial charge in [-0.2, -0.15) is 0 Å². The first kappa shape index (κ1) is 17.5. The lowest BCUT2D eigenvalue weighted by Crippen LogP contribution is -2.54. The number of hydrogen-bond donors (Lipinski definition) is 1. The van der Waals surface area contributed by atoms with Gasteiger partial charge in [0.15, 0.2) is 0 Å². The molecule has 0 heterocycles. The molecule has 0 bridgehead atoms. The molecule has 1 rings (SSSR count). The molecular weight excluding hydrogens is 246 g/mol. The second kappa shape index (κ2) is 9.42. The van der Waals surface area contributed by atoms with Gasteiger partial charge < -0.3 is 10.1 Å². The van der Waals surface area contributed by atoms with Crippen LogP contribution in [0.3, 0.4) is 0 Å². The number of rotatable bonds is 9. The predicted octanol–water partition coefficient (Wildman–Crippen LogP) is 4.14. The molecule has 0 aromatic heterocycles. The molecule has 1 fully saturated rings. The Labute approximate surface area is 126 Å². The lowest BCUT2D eigenvalue weighted by Gasteiger charge is -2.45. The third kappa shape index (κ3) is 5.11. The van der Waals surface area contributed by atoms with Crippen molar-refractivity contribution in [2.24, 2.45) is 5.92 Å². The van der Waals surface area contributed by atoms with Crippen LogP contribution in [0.4, 0.5) is 0 Å². The van der Waals surface area contributed by atoms with E-state index in [1.807, 2.05) is 0 Å². The van der Waals surface area contributed by atoms with Crippen molar-refractivity contribution in [2.75, 3.05) is 13.2 Å². The van der Waals surface area contributed by atoms with Crippen LogP contribution in [0.5, 0.6) is 0 Å². The Bertz CT molecular complexity index is 286. The summed E-state index contributed by atoms with van der Waals surface area (Å²) < 4.78 is 6.29. The SMILES string of the molecule is C#CCCCC(NCCC)C1(OCC)CCC(C)CC1. The second-order valence-electron chi connectivity index (χ2n) is 6.28. The highest BCUT2D eigenvalue weighted by molar-refractivity contribution is 4.97. The molecule has 20 heavy (non-hydrogen) atoms. The standard InChI is InChI=1S/C18H33NO/c1-5-8-9-10-17(19-15-6-2)18(20-7-3)13-11-16(4)12-14-18/h1,16-17,19H,6-15H2,2-4H3. The van der Waals surface area contributed by atoms with Crippen LogP contribution in [0, 0.1) is 18.3 Å². The van der Waals surface area contributed by atoms with Gasteiger partial charge in [0.25, 0.3) is 0 Å². The van der Waals surface area contributed by atoms with Crippen LogP contribution in [-0.4, -0.2) is 24.8 Å². The normalized spacial score (nSPS) is 28.0. The molecule has 0 radical (unpaired) electrons. The fourth-order valence-corrected chi connectivity index (χ4v) is 3.41. The van der Waals surface area contributed by atoms with Gasteiger partial charge in [-0.3, -0.25) is 0 Å². The molecule has 2 nitrogen and oxygen atoms in total. The molecule has 2 heteroatoms. The van der Waals surface area contributed by atoms with Crippen molar-refractivity contribution in [1.82, 2.24) is 5.32 Å². The van der Waals surface area contributed by atoms with Crippen molar-refractivity contribution < 1.29 is 4.74 Å². The van der Waals surface area contributed by atoms with Crippen molar-refractivity contribution in [3.8, 4) is 12.3 Å². The van der Waals surface area contributed by atoms with E-state index in [9.17, 15) is 0 Å². The van der Waals surface area contributed by atoms with Crippen LogP contribution in [0.1, 0.15) is 72.1 Å². The summed E-state index contributed by atoms with van der Waals surface area (Å²) in [5, 5.41) is 3.74. The van der Waals surface area contributed by atoms with Gasteiger partial charge in [-0.05, 0) is 64.3 Å². The zero-order valence-corrected chi connectivity index (χ0v) is 13.7. The fourth-order valence-electron chi connectivity index (χ4n) is 3.41. The van der Waals surface area contributed by atoms with E-state index >= 15 is 0 Å². The minimum absolute atomic E-state index is 0.0467. The van der Waals surface area contributed by atoms with Gasteiger partial charge in [0, 0.05) is 19.1 Å². The third-order valence-electron chi connectivity index (χ3n) is 4.64. The van der Waals surface area contributed by atoms with E-state index in [0.29, 0.717) is 6.04 Å². The van der Waals surface area contributed by atoms with Crippen LogP contribution in [0.25, 0.3) is 0 Å². The number of ether oxygens (including phenoxy) is 1. The summed E-state index contributed by atoms with van der Waals surface area (Å²) in [6, 6.07) is 0.461. The predicted molar refractivity (Wildman–Crippen MR) is 86.8 cm³/mol. The highest BCUT2D eigenvalue weighted by Crippen LogP contribution is 2.38. The van der Waals surface area contributed by atoms with E-state index in [4.69, 9.17) is 11.2 Å². The number of hydrogen-bond acceptors (Lipinski definition) is 2. The van der Waals surface area contributed by atoms with E-state index in [2.05, 4.69) is 32.0 Å². The van der Waals surface area contributed by atoms with Gasteiger partial charge in [0.05, 0.1) is 5.60 Å². The molecule has 1 saturated carbocycles. The molecule has 0 aromatic rings. The largest absolute Gasteiger partial charge is 0.374 e. The number of terminal acetylenes is 1. The van der Waals surface area contributed by atoms with E-state index in [-0.39, 0.29) is 5.60 Å². The Kier molecular flexibility index (Phi) is 8.26. The Morgan fingerprint density at radius 1 is 1.35 bits per heavy atom. The zero-order valence-electron chi connectivity index (χ0n) is 13.7. The molecule has 1 N–H and O–H groups in total. The molecule has 1 aliphatic carbocycles. The smallest absolute Gasteiger partial charge is 0.0834 e. The Morgan fingerprint density at radius 2 is 2.05 bits per heavy atom. The first-order valence-electron chi connectivity index (χ1n) is 8.49. The highest BCUT2D eigenvalue weighted by Gasteiger charge is 2.41. The van der Waals surface area contributed by atoms with Crippen molar-refractivity contribution in [1.29, 1.82) is 0 Å². The Morgan fingerprint density at radius 3 is 2.60 bits per heavy atom. The minimum atomic E-state index is 0.0467. The molecule has 0 spiro atoms. The van der Waals surface area contributed by atoms with Gasteiger partial charge in [0.1, 0.15) is 0 Å². The fraction of sp³-hybridized carbons (Fsp3) is 0.889. The molecule has 0 saturated heterocycles. The molecule has 1 aliphatic rings. The maximum Gasteiger partial charge on any atom is 0.0834 e. The van der Waals surface area contributed by atoms with Gasteiger partial charge in [-0.1, -0.05) is 13.8 Å². The van der Waals surface area contributed by atoms with Crippen LogP contribution < -0.4 is 5.32 Å². The van der Waals surface area contributed by atoms with E-state index in [1.165, 1.54) is 32.1 Å². The zero-order chi connectivity index (χ0) is 14.8. The summed E-state index contributed by atoms with van der Waals surface area (Å²) >= 11 is 0.